The molecule has 0 rings (SSSR count). The van der Waals surface area contributed by atoms with E-state index in [-0.39, 0.29) is 6.42 Å². The van der Waals surface area contributed by atoms with E-state index in [1.165, 1.54) is 6.92 Å². The summed E-state index contributed by atoms with van der Waals surface area (Å²) >= 11 is 0. The van der Waals surface area contributed by atoms with E-state index < -0.39 is 24.9 Å². The first kappa shape index (κ1) is 10.7. The molecular weight excluding hydrogens is 167 g/mol. The summed E-state index contributed by atoms with van der Waals surface area (Å²) in [7, 11) is 0. The molecule has 0 spiro atoms. The second-order valence-corrected chi connectivity index (χ2v) is 2.14. The van der Waals surface area contributed by atoms with E-state index in [1.807, 2.05) is 0 Å². The molecule has 11 heavy (non-hydrogen) atoms. The fraction of sp³-hybridized carbons (Fsp3) is 0.833. The van der Waals surface area contributed by atoms with Crippen LogP contribution < -0.4 is 0 Å². The topological polar surface area (TPSA) is 0 Å². The molecule has 0 bridgehead atoms. The average Bonchev–Trinajstić information content (AvgIpc) is 1.88. The van der Waals surface area contributed by atoms with Crippen molar-refractivity contribution in [3.05, 3.63) is 6.43 Å². The third kappa shape index (κ3) is 2.63. The summed E-state index contributed by atoms with van der Waals surface area (Å²) in [5.74, 6) is -4.57. The van der Waals surface area contributed by atoms with E-state index >= 15 is 0 Å². The Morgan fingerprint density at radius 2 is 1.82 bits per heavy atom. The molecule has 0 saturated carbocycles. The Morgan fingerprint density at radius 3 is 2.09 bits per heavy atom. The highest BCUT2D eigenvalue weighted by molar-refractivity contribution is 4.89. The van der Waals surface area contributed by atoms with E-state index in [9.17, 15) is 22.0 Å². The summed E-state index contributed by atoms with van der Waals surface area (Å²) in [6.07, 6.45) is -6.36. The van der Waals surface area contributed by atoms with Gasteiger partial charge >= 0.3 is 12.3 Å². The van der Waals surface area contributed by atoms with Crippen LogP contribution in [-0.2, 0) is 0 Å². The van der Waals surface area contributed by atoms with Gasteiger partial charge in [-0.1, -0.05) is 13.3 Å². The van der Waals surface area contributed by atoms with E-state index in [0.29, 0.717) is 0 Å². The molecule has 5 heteroatoms. The molecule has 0 N–H and O–H groups in total. The molecule has 1 unspecified atom stereocenters. The van der Waals surface area contributed by atoms with Crippen molar-refractivity contribution in [3.63, 3.8) is 0 Å². The van der Waals surface area contributed by atoms with Crippen molar-refractivity contribution >= 4 is 0 Å². The van der Waals surface area contributed by atoms with Gasteiger partial charge in [-0.25, -0.2) is 4.39 Å². The van der Waals surface area contributed by atoms with Gasteiger partial charge in [-0.2, -0.15) is 17.6 Å². The summed E-state index contributed by atoms with van der Waals surface area (Å²) in [5.41, 5.74) is 0. The number of hydrogen-bond donors (Lipinski definition) is 0. The predicted octanol–water partition coefficient (Wildman–Crippen LogP) is 3.19. The Balaban J connectivity index is 4.05. The molecule has 0 aliphatic rings. The summed E-state index contributed by atoms with van der Waals surface area (Å²) < 4.78 is 58.7. The van der Waals surface area contributed by atoms with Crippen LogP contribution in [0.5, 0.6) is 0 Å². The molecule has 0 nitrogen and oxygen atoms in total. The van der Waals surface area contributed by atoms with Gasteiger partial charge in [0, 0.05) is 0 Å². The molecule has 0 heterocycles. The second-order valence-electron chi connectivity index (χ2n) is 2.14. The third-order valence-electron chi connectivity index (χ3n) is 1.19. The normalized spacial score (nSPS) is 15.5. The lowest BCUT2D eigenvalue weighted by Crippen LogP contribution is -2.33. The Bertz CT molecular complexity index is 112. The molecular formula is C6H8F5. The van der Waals surface area contributed by atoms with Crippen molar-refractivity contribution in [1.29, 1.82) is 0 Å². The van der Waals surface area contributed by atoms with Crippen molar-refractivity contribution in [2.24, 2.45) is 0 Å². The van der Waals surface area contributed by atoms with E-state index in [2.05, 4.69) is 0 Å². The van der Waals surface area contributed by atoms with Gasteiger partial charge in [0.2, 0.25) is 0 Å². The quantitative estimate of drug-likeness (QED) is 0.575. The van der Waals surface area contributed by atoms with Crippen molar-refractivity contribution < 1.29 is 22.0 Å². The zero-order chi connectivity index (χ0) is 9.07. The highest BCUT2D eigenvalue weighted by Gasteiger charge is 2.50. The van der Waals surface area contributed by atoms with Crippen LogP contribution >= 0.6 is 0 Å². The maximum atomic E-state index is 12.2. The summed E-state index contributed by atoms with van der Waals surface area (Å²) in [6.45, 7) is 1.44. The van der Waals surface area contributed by atoms with Crippen LogP contribution in [0, 0.1) is 6.43 Å². The third-order valence-corrected chi connectivity index (χ3v) is 1.19. The molecule has 1 atom stereocenters. The van der Waals surface area contributed by atoms with Crippen LogP contribution in [-0.4, -0.2) is 12.1 Å². The molecule has 0 aromatic rings. The Labute approximate surface area is 61.4 Å². The summed E-state index contributed by atoms with van der Waals surface area (Å²) in [5, 5.41) is 0. The average molecular weight is 175 g/mol. The monoisotopic (exact) mass is 175 g/mol. The van der Waals surface area contributed by atoms with Crippen molar-refractivity contribution in [3.8, 4) is 0 Å². The first-order valence-corrected chi connectivity index (χ1v) is 3.13. The molecule has 67 valence electrons. The van der Waals surface area contributed by atoms with Crippen molar-refractivity contribution in [1.82, 2.24) is 0 Å². The number of halogens is 5. The van der Waals surface area contributed by atoms with Gasteiger partial charge in [0.1, 0.15) is 0 Å². The van der Waals surface area contributed by atoms with Gasteiger partial charge in [-0.05, 0) is 6.42 Å². The fourth-order valence-corrected chi connectivity index (χ4v) is 0.553. The first-order valence-electron chi connectivity index (χ1n) is 3.13. The second kappa shape index (κ2) is 3.88. The van der Waals surface area contributed by atoms with E-state index in [1.54, 1.807) is 0 Å². The predicted molar refractivity (Wildman–Crippen MR) is 30.2 cm³/mol. The zero-order valence-corrected chi connectivity index (χ0v) is 5.88. The van der Waals surface area contributed by atoms with Crippen LogP contribution in [0.2, 0.25) is 0 Å². The van der Waals surface area contributed by atoms with Crippen LogP contribution in [0.3, 0.4) is 0 Å². The summed E-state index contributed by atoms with van der Waals surface area (Å²) in [4.78, 5) is 0. The lowest BCUT2D eigenvalue weighted by Gasteiger charge is -2.17. The molecule has 0 fully saturated rings. The maximum absolute atomic E-state index is 12.2. The van der Waals surface area contributed by atoms with E-state index in [0.717, 1.165) is 0 Å². The molecule has 0 saturated heterocycles. The standard InChI is InChI=1S/C6H8F5/c1-2-3-4(7)6(10,11)5(8)9/h4H,2-3H2,1H3. The minimum Gasteiger partial charge on any atom is -0.241 e. The van der Waals surface area contributed by atoms with Gasteiger partial charge in [0.15, 0.2) is 6.17 Å². The maximum Gasteiger partial charge on any atom is 0.381 e. The Kier molecular flexibility index (Phi) is 3.75. The fourth-order valence-electron chi connectivity index (χ4n) is 0.553. The summed E-state index contributed by atoms with van der Waals surface area (Å²) in [6, 6.07) is 0. The molecule has 0 aliphatic heterocycles. The van der Waals surface area contributed by atoms with Gasteiger partial charge in [-0.15, -0.1) is 0 Å². The first-order chi connectivity index (χ1) is 4.92. The van der Waals surface area contributed by atoms with Crippen LogP contribution in [0.4, 0.5) is 22.0 Å². The van der Waals surface area contributed by atoms with E-state index in [4.69, 9.17) is 0 Å². The number of rotatable bonds is 4. The Morgan fingerprint density at radius 1 is 1.36 bits per heavy atom. The lowest BCUT2D eigenvalue weighted by molar-refractivity contribution is -0.116. The number of hydrogen-bond acceptors (Lipinski definition) is 0. The molecule has 0 aromatic heterocycles. The van der Waals surface area contributed by atoms with Crippen LogP contribution in [0.1, 0.15) is 19.8 Å². The van der Waals surface area contributed by atoms with Crippen molar-refractivity contribution in [2.75, 3.05) is 0 Å². The minimum absolute atomic E-state index is 0.115. The molecule has 1 radical (unpaired) electrons. The van der Waals surface area contributed by atoms with Crippen LogP contribution in [0.25, 0.3) is 0 Å². The number of alkyl halides is 3. The SMILES string of the molecule is CCCC(F)C(F)(F)[C](F)F. The smallest absolute Gasteiger partial charge is 0.241 e. The van der Waals surface area contributed by atoms with Gasteiger partial charge in [0.05, 0.1) is 0 Å². The molecule has 0 aliphatic carbocycles. The largest absolute Gasteiger partial charge is 0.381 e. The van der Waals surface area contributed by atoms with Gasteiger partial charge in [-0.3, -0.25) is 0 Å². The molecule has 0 amide bonds. The van der Waals surface area contributed by atoms with Crippen molar-refractivity contribution in [2.45, 2.75) is 31.9 Å². The van der Waals surface area contributed by atoms with Gasteiger partial charge in [0.25, 0.3) is 0 Å². The minimum atomic E-state index is -4.57. The molecule has 0 aromatic carbocycles. The van der Waals surface area contributed by atoms with Crippen LogP contribution in [0.15, 0.2) is 0 Å². The van der Waals surface area contributed by atoms with Gasteiger partial charge < -0.3 is 0 Å². The highest BCUT2D eigenvalue weighted by Crippen LogP contribution is 2.35. The highest BCUT2D eigenvalue weighted by atomic mass is 19.3. The zero-order valence-electron chi connectivity index (χ0n) is 5.88. The Hall–Kier alpha value is -0.350. The lowest BCUT2D eigenvalue weighted by atomic mass is 10.1.